The van der Waals surface area contributed by atoms with E-state index in [0.717, 1.165) is 11.3 Å². The standard InChI is InChI=1S/C15H18N4O4S2/c20-11-16-7-4-8-17-14(21)9-12-10-24-15(18-12)19-25(22,23)13-5-2-1-3-6-13/h1-3,5-6,10-11H,4,7-9H2,(H,16,20)(H,17,21)(H,18,19). The van der Waals surface area contributed by atoms with Crippen molar-refractivity contribution in [3.05, 3.63) is 41.4 Å². The molecule has 0 atom stereocenters. The minimum atomic E-state index is -3.69. The van der Waals surface area contributed by atoms with Crippen molar-refractivity contribution < 1.29 is 18.0 Å². The molecule has 3 N–H and O–H groups in total. The summed E-state index contributed by atoms with van der Waals surface area (Å²) in [6.07, 6.45) is 1.30. The van der Waals surface area contributed by atoms with Crippen LogP contribution >= 0.6 is 11.3 Å². The number of hydrogen-bond donors (Lipinski definition) is 3. The molecule has 10 heteroatoms. The van der Waals surface area contributed by atoms with Crippen molar-refractivity contribution in [1.82, 2.24) is 15.6 Å². The van der Waals surface area contributed by atoms with Gasteiger partial charge in [-0.3, -0.25) is 14.3 Å². The Balaban J connectivity index is 1.85. The SMILES string of the molecule is O=CNCCCNC(=O)Cc1csc(NS(=O)(=O)c2ccccc2)n1. The summed E-state index contributed by atoms with van der Waals surface area (Å²) in [7, 11) is -3.69. The maximum atomic E-state index is 12.2. The van der Waals surface area contributed by atoms with Crippen LogP contribution in [-0.2, 0) is 26.0 Å². The second-order valence-corrected chi connectivity index (χ2v) is 7.56. The van der Waals surface area contributed by atoms with E-state index in [0.29, 0.717) is 31.6 Å². The number of thiazole rings is 1. The molecule has 0 bridgehead atoms. The van der Waals surface area contributed by atoms with Crippen molar-refractivity contribution >= 4 is 38.8 Å². The Bertz CT molecular complexity index is 806. The molecule has 2 amide bonds. The molecular weight excluding hydrogens is 364 g/mol. The zero-order valence-corrected chi connectivity index (χ0v) is 14.9. The van der Waals surface area contributed by atoms with E-state index in [-0.39, 0.29) is 22.4 Å². The van der Waals surface area contributed by atoms with Crippen molar-refractivity contribution in [2.75, 3.05) is 17.8 Å². The average molecular weight is 382 g/mol. The van der Waals surface area contributed by atoms with Crippen molar-refractivity contribution in [1.29, 1.82) is 0 Å². The van der Waals surface area contributed by atoms with Gasteiger partial charge in [-0.25, -0.2) is 13.4 Å². The number of hydrogen-bond acceptors (Lipinski definition) is 6. The first kappa shape index (κ1) is 18.9. The molecule has 2 aromatic rings. The molecule has 0 radical (unpaired) electrons. The molecule has 1 aromatic carbocycles. The van der Waals surface area contributed by atoms with E-state index in [2.05, 4.69) is 20.3 Å². The summed E-state index contributed by atoms with van der Waals surface area (Å²) >= 11 is 1.12. The van der Waals surface area contributed by atoms with Gasteiger partial charge in [0.25, 0.3) is 10.0 Å². The summed E-state index contributed by atoms with van der Waals surface area (Å²) in [5.74, 6) is -0.214. The quantitative estimate of drug-likeness (QED) is 0.414. The number of nitrogens with one attached hydrogen (secondary N) is 3. The molecule has 0 spiro atoms. The van der Waals surface area contributed by atoms with E-state index in [1.54, 1.807) is 23.6 Å². The third kappa shape index (κ3) is 6.16. The molecule has 0 fully saturated rings. The van der Waals surface area contributed by atoms with Crippen LogP contribution in [0.3, 0.4) is 0 Å². The lowest BCUT2D eigenvalue weighted by atomic mass is 10.3. The van der Waals surface area contributed by atoms with Gasteiger partial charge in [-0.1, -0.05) is 18.2 Å². The van der Waals surface area contributed by atoms with Crippen molar-refractivity contribution in [2.45, 2.75) is 17.7 Å². The number of amides is 2. The van der Waals surface area contributed by atoms with Crippen LogP contribution in [0.25, 0.3) is 0 Å². The fourth-order valence-corrected chi connectivity index (χ4v) is 3.90. The predicted molar refractivity (Wildman–Crippen MR) is 94.8 cm³/mol. The van der Waals surface area contributed by atoms with Crippen LogP contribution in [0.2, 0.25) is 0 Å². The van der Waals surface area contributed by atoms with Crippen LogP contribution < -0.4 is 15.4 Å². The molecule has 25 heavy (non-hydrogen) atoms. The van der Waals surface area contributed by atoms with Gasteiger partial charge < -0.3 is 10.6 Å². The van der Waals surface area contributed by atoms with Gasteiger partial charge in [-0.05, 0) is 18.6 Å². The summed E-state index contributed by atoms with van der Waals surface area (Å²) in [6.45, 7) is 0.934. The van der Waals surface area contributed by atoms with Crippen LogP contribution in [0.1, 0.15) is 12.1 Å². The Morgan fingerprint density at radius 3 is 2.68 bits per heavy atom. The van der Waals surface area contributed by atoms with E-state index in [9.17, 15) is 18.0 Å². The van der Waals surface area contributed by atoms with Crippen molar-refractivity contribution in [3.8, 4) is 0 Å². The number of carbonyl (C=O) groups is 2. The van der Waals surface area contributed by atoms with E-state index < -0.39 is 10.0 Å². The number of anilines is 1. The Morgan fingerprint density at radius 1 is 1.20 bits per heavy atom. The minimum absolute atomic E-state index is 0.0602. The lowest BCUT2D eigenvalue weighted by Crippen LogP contribution is -2.28. The number of aromatic nitrogens is 1. The summed E-state index contributed by atoms with van der Waals surface area (Å²) < 4.78 is 26.8. The fraction of sp³-hybridized carbons (Fsp3) is 0.267. The second-order valence-electron chi connectivity index (χ2n) is 5.01. The third-order valence-corrected chi connectivity index (χ3v) is 5.36. The van der Waals surface area contributed by atoms with Crippen molar-refractivity contribution in [2.24, 2.45) is 0 Å². The highest BCUT2D eigenvalue weighted by molar-refractivity contribution is 7.93. The van der Waals surface area contributed by atoms with Gasteiger partial charge in [0.05, 0.1) is 17.0 Å². The monoisotopic (exact) mass is 382 g/mol. The van der Waals surface area contributed by atoms with Gasteiger partial charge in [0.1, 0.15) is 0 Å². The van der Waals surface area contributed by atoms with E-state index >= 15 is 0 Å². The van der Waals surface area contributed by atoms with E-state index in [1.165, 1.54) is 12.1 Å². The fourth-order valence-electron chi connectivity index (χ4n) is 1.91. The molecule has 0 unspecified atom stereocenters. The number of rotatable bonds is 10. The van der Waals surface area contributed by atoms with E-state index in [4.69, 9.17) is 0 Å². The predicted octanol–water partition coefficient (Wildman–Crippen LogP) is 0.739. The highest BCUT2D eigenvalue weighted by atomic mass is 32.2. The summed E-state index contributed by atoms with van der Waals surface area (Å²) in [4.78, 5) is 26.1. The summed E-state index contributed by atoms with van der Waals surface area (Å²) in [5.41, 5.74) is 0.485. The number of benzene rings is 1. The van der Waals surface area contributed by atoms with E-state index in [1.807, 2.05) is 0 Å². The molecule has 2 rings (SSSR count). The zero-order valence-electron chi connectivity index (χ0n) is 13.3. The van der Waals surface area contributed by atoms with Gasteiger partial charge in [0.15, 0.2) is 5.13 Å². The second kappa shape index (κ2) is 9.14. The van der Waals surface area contributed by atoms with Gasteiger partial charge in [-0.2, -0.15) is 0 Å². The Morgan fingerprint density at radius 2 is 1.96 bits per heavy atom. The largest absolute Gasteiger partial charge is 0.359 e. The molecular formula is C15H18N4O4S2. The molecule has 8 nitrogen and oxygen atoms in total. The van der Waals surface area contributed by atoms with Crippen LogP contribution in [0.4, 0.5) is 5.13 Å². The molecule has 134 valence electrons. The van der Waals surface area contributed by atoms with Gasteiger partial charge in [-0.15, -0.1) is 11.3 Å². The maximum Gasteiger partial charge on any atom is 0.263 e. The lowest BCUT2D eigenvalue weighted by molar-refractivity contribution is -0.120. The smallest absolute Gasteiger partial charge is 0.263 e. The molecule has 1 heterocycles. The molecule has 0 saturated carbocycles. The van der Waals surface area contributed by atoms with Gasteiger partial charge in [0.2, 0.25) is 12.3 Å². The Hall–Kier alpha value is -2.46. The normalized spacial score (nSPS) is 10.9. The first-order valence-electron chi connectivity index (χ1n) is 7.47. The summed E-state index contributed by atoms with van der Waals surface area (Å²) in [5, 5.41) is 7.05. The topological polar surface area (TPSA) is 117 Å². The third-order valence-electron chi connectivity index (χ3n) is 3.07. The highest BCUT2D eigenvalue weighted by Gasteiger charge is 2.16. The number of nitrogens with zero attached hydrogens (tertiary/aromatic N) is 1. The van der Waals surface area contributed by atoms with Crippen LogP contribution in [0.15, 0.2) is 40.6 Å². The Kier molecular flexibility index (Phi) is 6.90. The number of sulfonamides is 1. The van der Waals surface area contributed by atoms with Crippen LogP contribution in [-0.4, -0.2) is 38.8 Å². The molecule has 0 aliphatic carbocycles. The molecule has 0 saturated heterocycles. The minimum Gasteiger partial charge on any atom is -0.359 e. The molecule has 0 aliphatic heterocycles. The Labute approximate surface area is 149 Å². The van der Waals surface area contributed by atoms with Gasteiger partial charge in [0, 0.05) is 18.5 Å². The van der Waals surface area contributed by atoms with Crippen molar-refractivity contribution in [3.63, 3.8) is 0 Å². The van der Waals surface area contributed by atoms with Crippen LogP contribution in [0.5, 0.6) is 0 Å². The highest BCUT2D eigenvalue weighted by Crippen LogP contribution is 2.20. The van der Waals surface area contributed by atoms with Crippen LogP contribution in [0, 0.1) is 0 Å². The average Bonchev–Trinajstić information content (AvgIpc) is 3.01. The maximum absolute atomic E-state index is 12.2. The van der Waals surface area contributed by atoms with Gasteiger partial charge >= 0.3 is 0 Å². The molecule has 1 aromatic heterocycles. The molecule has 0 aliphatic rings. The first-order chi connectivity index (χ1) is 12.0. The summed E-state index contributed by atoms with van der Waals surface area (Å²) in [6, 6.07) is 7.98. The lowest BCUT2D eigenvalue weighted by Gasteiger charge is -2.04. The number of carbonyl (C=O) groups excluding carboxylic acids is 2. The zero-order chi connectivity index (χ0) is 18.1. The first-order valence-corrected chi connectivity index (χ1v) is 9.83.